The fourth-order valence-electron chi connectivity index (χ4n) is 1.85. The third kappa shape index (κ3) is 4.01. The molecule has 1 heterocycles. The number of rotatable bonds is 6. The van der Waals surface area contributed by atoms with Gasteiger partial charge in [0.15, 0.2) is 6.61 Å². The lowest BCUT2D eigenvalue weighted by atomic mass is 10.1. The van der Waals surface area contributed by atoms with Gasteiger partial charge in [0, 0.05) is 18.1 Å². The standard InChI is InChI=1S/C14H17N3O4/c1-9(2)6-14-15-13(16-21-14)8-20-11-4-5-12(17(18)19)10(3)7-11/h4-5,7,9H,6,8H2,1-3H3. The minimum atomic E-state index is -0.420. The molecule has 0 aliphatic carbocycles. The molecule has 1 aromatic carbocycles. The normalized spacial score (nSPS) is 10.9. The van der Waals surface area contributed by atoms with Crippen LogP contribution in [0.3, 0.4) is 0 Å². The number of hydrogen-bond acceptors (Lipinski definition) is 6. The summed E-state index contributed by atoms with van der Waals surface area (Å²) in [5.41, 5.74) is 0.618. The average Bonchev–Trinajstić information content (AvgIpc) is 2.82. The largest absolute Gasteiger partial charge is 0.485 e. The molecule has 0 aliphatic heterocycles. The van der Waals surface area contributed by atoms with Gasteiger partial charge in [0.05, 0.1) is 4.92 Å². The van der Waals surface area contributed by atoms with E-state index in [4.69, 9.17) is 9.26 Å². The summed E-state index contributed by atoms with van der Waals surface area (Å²) in [5, 5.41) is 14.6. The van der Waals surface area contributed by atoms with Crippen molar-refractivity contribution in [3.8, 4) is 5.75 Å². The molecule has 0 unspecified atom stereocenters. The Hall–Kier alpha value is -2.44. The quantitative estimate of drug-likeness (QED) is 0.600. The Kier molecular flexibility index (Phi) is 4.52. The lowest BCUT2D eigenvalue weighted by molar-refractivity contribution is -0.385. The van der Waals surface area contributed by atoms with Gasteiger partial charge in [0.2, 0.25) is 11.7 Å². The fraction of sp³-hybridized carbons (Fsp3) is 0.429. The van der Waals surface area contributed by atoms with E-state index in [-0.39, 0.29) is 12.3 Å². The lowest BCUT2D eigenvalue weighted by Gasteiger charge is -2.04. The van der Waals surface area contributed by atoms with Crippen LogP contribution in [0, 0.1) is 23.0 Å². The van der Waals surface area contributed by atoms with E-state index in [2.05, 4.69) is 24.0 Å². The fourth-order valence-corrected chi connectivity index (χ4v) is 1.85. The van der Waals surface area contributed by atoms with Gasteiger partial charge in [-0.3, -0.25) is 10.1 Å². The minimum Gasteiger partial charge on any atom is -0.485 e. The van der Waals surface area contributed by atoms with Crippen molar-refractivity contribution in [3.05, 3.63) is 45.6 Å². The Labute approximate surface area is 122 Å². The maximum Gasteiger partial charge on any atom is 0.272 e. The van der Waals surface area contributed by atoms with Gasteiger partial charge < -0.3 is 9.26 Å². The van der Waals surface area contributed by atoms with Crippen molar-refractivity contribution in [1.82, 2.24) is 10.1 Å². The van der Waals surface area contributed by atoms with Gasteiger partial charge in [-0.2, -0.15) is 4.98 Å². The highest BCUT2D eigenvalue weighted by Gasteiger charge is 2.12. The maximum absolute atomic E-state index is 10.7. The summed E-state index contributed by atoms with van der Waals surface area (Å²) in [6, 6.07) is 4.60. The molecular formula is C14H17N3O4. The van der Waals surface area contributed by atoms with Crippen LogP contribution < -0.4 is 4.74 Å². The van der Waals surface area contributed by atoms with E-state index in [1.165, 1.54) is 6.07 Å². The average molecular weight is 291 g/mol. The zero-order valence-electron chi connectivity index (χ0n) is 12.2. The number of ether oxygens (including phenoxy) is 1. The van der Waals surface area contributed by atoms with Crippen molar-refractivity contribution in [1.29, 1.82) is 0 Å². The number of nitro groups is 1. The summed E-state index contributed by atoms with van der Waals surface area (Å²) in [7, 11) is 0. The molecule has 7 nitrogen and oxygen atoms in total. The highest BCUT2D eigenvalue weighted by molar-refractivity contribution is 5.44. The molecule has 112 valence electrons. The van der Waals surface area contributed by atoms with Gasteiger partial charge in [-0.15, -0.1) is 0 Å². The van der Waals surface area contributed by atoms with Crippen LogP contribution in [0.15, 0.2) is 22.7 Å². The Morgan fingerprint density at radius 2 is 2.19 bits per heavy atom. The number of nitrogens with zero attached hydrogens (tertiary/aromatic N) is 3. The van der Waals surface area contributed by atoms with E-state index in [1.807, 2.05) is 0 Å². The van der Waals surface area contributed by atoms with Gasteiger partial charge in [0.1, 0.15) is 5.75 Å². The van der Waals surface area contributed by atoms with E-state index in [0.717, 1.165) is 6.42 Å². The molecule has 2 rings (SSSR count). The monoisotopic (exact) mass is 291 g/mol. The molecular weight excluding hydrogens is 274 g/mol. The van der Waals surface area contributed by atoms with Gasteiger partial charge in [-0.05, 0) is 25.0 Å². The van der Waals surface area contributed by atoms with Crippen molar-refractivity contribution in [3.63, 3.8) is 0 Å². The third-order valence-corrected chi connectivity index (χ3v) is 2.83. The van der Waals surface area contributed by atoms with Crippen LogP contribution in [0.5, 0.6) is 5.75 Å². The van der Waals surface area contributed by atoms with E-state index in [1.54, 1.807) is 19.1 Å². The minimum absolute atomic E-state index is 0.0705. The molecule has 0 radical (unpaired) electrons. The molecule has 0 saturated carbocycles. The zero-order valence-corrected chi connectivity index (χ0v) is 12.2. The van der Waals surface area contributed by atoms with E-state index >= 15 is 0 Å². The van der Waals surface area contributed by atoms with Crippen molar-refractivity contribution >= 4 is 5.69 Å². The Morgan fingerprint density at radius 1 is 1.43 bits per heavy atom. The SMILES string of the molecule is Cc1cc(OCc2noc(CC(C)C)n2)ccc1[N+](=O)[O-]. The van der Waals surface area contributed by atoms with E-state index in [9.17, 15) is 10.1 Å². The molecule has 0 N–H and O–H groups in total. The Bertz CT molecular complexity index is 637. The van der Waals surface area contributed by atoms with Crippen LogP contribution >= 0.6 is 0 Å². The second-order valence-electron chi connectivity index (χ2n) is 5.20. The molecule has 0 fully saturated rings. The van der Waals surface area contributed by atoms with Crippen LogP contribution in [-0.2, 0) is 13.0 Å². The van der Waals surface area contributed by atoms with Crippen LogP contribution in [-0.4, -0.2) is 15.1 Å². The van der Waals surface area contributed by atoms with Crippen LogP contribution in [0.25, 0.3) is 0 Å². The predicted molar refractivity (Wildman–Crippen MR) is 75.0 cm³/mol. The van der Waals surface area contributed by atoms with Crippen LogP contribution in [0.1, 0.15) is 31.1 Å². The zero-order chi connectivity index (χ0) is 15.4. The molecule has 2 aromatic rings. The summed E-state index contributed by atoms with van der Waals surface area (Å²) >= 11 is 0. The maximum atomic E-state index is 10.7. The first-order valence-corrected chi connectivity index (χ1v) is 6.65. The first-order valence-electron chi connectivity index (χ1n) is 6.65. The molecule has 0 aliphatic rings. The summed E-state index contributed by atoms with van der Waals surface area (Å²) in [4.78, 5) is 14.5. The number of hydrogen-bond donors (Lipinski definition) is 0. The van der Waals surface area contributed by atoms with Crippen LogP contribution in [0.2, 0.25) is 0 Å². The van der Waals surface area contributed by atoms with Crippen LogP contribution in [0.4, 0.5) is 5.69 Å². The number of benzene rings is 1. The van der Waals surface area contributed by atoms with Gasteiger partial charge in [-0.1, -0.05) is 19.0 Å². The van der Waals surface area contributed by atoms with Crippen molar-refractivity contribution in [2.45, 2.75) is 33.8 Å². The topological polar surface area (TPSA) is 91.3 Å². The predicted octanol–water partition coefficient (Wildman–Crippen LogP) is 3.06. The molecule has 21 heavy (non-hydrogen) atoms. The van der Waals surface area contributed by atoms with Crippen molar-refractivity contribution < 1.29 is 14.2 Å². The van der Waals surface area contributed by atoms with Gasteiger partial charge in [-0.25, -0.2) is 0 Å². The molecule has 7 heteroatoms. The number of nitro benzene ring substituents is 1. The summed E-state index contributed by atoms with van der Waals surface area (Å²) in [5.74, 6) is 2.02. The second kappa shape index (κ2) is 6.34. The first kappa shape index (κ1) is 15.0. The summed E-state index contributed by atoms with van der Waals surface area (Å²) in [6.45, 7) is 5.97. The van der Waals surface area contributed by atoms with Gasteiger partial charge in [0.25, 0.3) is 5.69 Å². The number of aromatic nitrogens is 2. The highest BCUT2D eigenvalue weighted by atomic mass is 16.6. The molecule has 0 spiro atoms. The van der Waals surface area contributed by atoms with Crippen molar-refractivity contribution in [2.24, 2.45) is 5.92 Å². The molecule has 0 atom stereocenters. The second-order valence-corrected chi connectivity index (χ2v) is 5.20. The third-order valence-electron chi connectivity index (χ3n) is 2.83. The number of aryl methyl sites for hydroxylation is 1. The lowest BCUT2D eigenvalue weighted by Crippen LogP contribution is -2.00. The first-order chi connectivity index (χ1) is 9.95. The summed E-state index contributed by atoms with van der Waals surface area (Å²) < 4.78 is 10.6. The molecule has 0 bridgehead atoms. The van der Waals surface area contributed by atoms with E-state index in [0.29, 0.717) is 28.9 Å². The Morgan fingerprint density at radius 3 is 2.81 bits per heavy atom. The van der Waals surface area contributed by atoms with Gasteiger partial charge >= 0.3 is 0 Å². The Balaban J connectivity index is 1.98. The highest BCUT2D eigenvalue weighted by Crippen LogP contribution is 2.23. The van der Waals surface area contributed by atoms with E-state index < -0.39 is 4.92 Å². The smallest absolute Gasteiger partial charge is 0.272 e. The molecule has 0 saturated heterocycles. The molecule has 0 amide bonds. The van der Waals surface area contributed by atoms with Crippen molar-refractivity contribution in [2.75, 3.05) is 0 Å². The molecule has 1 aromatic heterocycles. The summed E-state index contributed by atoms with van der Waals surface area (Å²) in [6.07, 6.45) is 0.726.